The summed E-state index contributed by atoms with van der Waals surface area (Å²) < 4.78 is 1.94. The second kappa shape index (κ2) is 4.65. The molecule has 0 saturated carbocycles. The molecule has 0 aromatic carbocycles. The zero-order valence-electron chi connectivity index (χ0n) is 9.64. The molecule has 0 spiro atoms. The van der Waals surface area contributed by atoms with Crippen molar-refractivity contribution >= 4 is 11.8 Å². The molecule has 0 amide bonds. The van der Waals surface area contributed by atoms with E-state index in [-0.39, 0.29) is 0 Å². The lowest BCUT2D eigenvalue weighted by Gasteiger charge is -2.01. The van der Waals surface area contributed by atoms with Crippen molar-refractivity contribution in [1.82, 2.24) is 19.5 Å². The minimum absolute atomic E-state index is 0.809. The van der Waals surface area contributed by atoms with Gasteiger partial charge in [-0.3, -0.25) is 0 Å². The van der Waals surface area contributed by atoms with Crippen LogP contribution in [0.15, 0.2) is 23.7 Å². The Balaban J connectivity index is 2.04. The molecule has 0 atom stereocenters. The molecule has 0 unspecified atom stereocenters. The maximum atomic E-state index is 4.37. The molecule has 5 heteroatoms. The zero-order chi connectivity index (χ0) is 11.5. The van der Waals surface area contributed by atoms with Crippen molar-refractivity contribution in [3.8, 4) is 0 Å². The highest BCUT2D eigenvalue weighted by Crippen LogP contribution is 2.18. The fourth-order valence-corrected chi connectivity index (χ4v) is 2.28. The lowest BCUT2D eigenvalue weighted by Crippen LogP contribution is -1.93. The average Bonchev–Trinajstić information content (AvgIpc) is 2.60. The van der Waals surface area contributed by atoms with Crippen molar-refractivity contribution in [2.75, 3.05) is 0 Å². The Morgan fingerprint density at radius 2 is 1.94 bits per heavy atom. The van der Waals surface area contributed by atoms with Crippen LogP contribution in [0.5, 0.6) is 0 Å². The minimum Gasteiger partial charge on any atom is -0.340 e. The highest BCUT2D eigenvalue weighted by atomic mass is 32.2. The van der Waals surface area contributed by atoms with Gasteiger partial charge in [0.15, 0.2) is 5.16 Å². The van der Waals surface area contributed by atoms with Gasteiger partial charge in [0.25, 0.3) is 0 Å². The van der Waals surface area contributed by atoms with Crippen LogP contribution in [0.1, 0.15) is 17.1 Å². The van der Waals surface area contributed by atoms with E-state index in [0.717, 1.165) is 28.0 Å². The Morgan fingerprint density at radius 3 is 2.50 bits per heavy atom. The summed E-state index contributed by atoms with van der Waals surface area (Å²) in [5.74, 6) is 0.809. The maximum absolute atomic E-state index is 4.37. The summed E-state index contributed by atoms with van der Waals surface area (Å²) in [6.07, 6.45) is 3.81. The topological polar surface area (TPSA) is 43.6 Å². The first-order valence-electron chi connectivity index (χ1n) is 5.05. The van der Waals surface area contributed by atoms with E-state index in [9.17, 15) is 0 Å². The molecule has 84 valence electrons. The summed E-state index contributed by atoms with van der Waals surface area (Å²) in [4.78, 5) is 13.0. The average molecular weight is 234 g/mol. The maximum Gasteiger partial charge on any atom is 0.188 e. The van der Waals surface area contributed by atoms with Gasteiger partial charge in [-0.1, -0.05) is 11.8 Å². The molecule has 0 bridgehead atoms. The summed E-state index contributed by atoms with van der Waals surface area (Å²) in [6.45, 7) is 3.97. The van der Waals surface area contributed by atoms with E-state index in [4.69, 9.17) is 0 Å². The summed E-state index contributed by atoms with van der Waals surface area (Å²) in [5.41, 5.74) is 3.07. The normalized spacial score (nSPS) is 10.7. The third-order valence-electron chi connectivity index (χ3n) is 2.07. The molecule has 2 aromatic heterocycles. The van der Waals surface area contributed by atoms with E-state index in [0.29, 0.717) is 0 Å². The largest absolute Gasteiger partial charge is 0.340 e. The highest BCUT2D eigenvalue weighted by molar-refractivity contribution is 7.98. The van der Waals surface area contributed by atoms with Gasteiger partial charge in [-0.15, -0.1) is 0 Å². The van der Waals surface area contributed by atoms with Gasteiger partial charge >= 0.3 is 0 Å². The van der Waals surface area contributed by atoms with Gasteiger partial charge in [0, 0.05) is 30.4 Å². The third-order valence-corrected chi connectivity index (χ3v) is 2.95. The molecule has 0 aliphatic rings. The zero-order valence-corrected chi connectivity index (χ0v) is 10.5. The van der Waals surface area contributed by atoms with Crippen LogP contribution in [0.4, 0.5) is 0 Å². The van der Waals surface area contributed by atoms with Crippen LogP contribution < -0.4 is 0 Å². The van der Waals surface area contributed by atoms with Crippen LogP contribution in [-0.4, -0.2) is 19.5 Å². The summed E-state index contributed by atoms with van der Waals surface area (Å²) in [5, 5.41) is 0.822. The molecule has 0 aliphatic heterocycles. The van der Waals surface area contributed by atoms with Gasteiger partial charge in [-0.2, -0.15) is 0 Å². The number of thioether (sulfide) groups is 1. The van der Waals surface area contributed by atoms with Gasteiger partial charge in [0.1, 0.15) is 0 Å². The predicted molar refractivity (Wildman–Crippen MR) is 64.3 cm³/mol. The van der Waals surface area contributed by atoms with Crippen LogP contribution in [0.2, 0.25) is 0 Å². The van der Waals surface area contributed by atoms with Crippen LogP contribution in [-0.2, 0) is 12.8 Å². The van der Waals surface area contributed by atoms with Crippen LogP contribution in [0, 0.1) is 13.8 Å². The van der Waals surface area contributed by atoms with E-state index in [1.54, 1.807) is 18.1 Å². The first-order chi connectivity index (χ1) is 7.63. The number of imidazole rings is 1. The number of nitrogens with zero attached hydrogens (tertiary/aromatic N) is 4. The fourth-order valence-electron chi connectivity index (χ4n) is 1.44. The third kappa shape index (κ3) is 2.82. The second-order valence-corrected chi connectivity index (χ2v) is 4.69. The van der Waals surface area contributed by atoms with E-state index in [1.807, 2.05) is 37.7 Å². The van der Waals surface area contributed by atoms with Crippen LogP contribution >= 0.6 is 11.8 Å². The highest BCUT2D eigenvalue weighted by Gasteiger charge is 2.03. The number of rotatable bonds is 3. The minimum atomic E-state index is 0.809. The summed E-state index contributed by atoms with van der Waals surface area (Å²) >= 11 is 1.62. The smallest absolute Gasteiger partial charge is 0.188 e. The molecule has 2 aromatic rings. The number of hydrogen-bond acceptors (Lipinski definition) is 4. The molecule has 16 heavy (non-hydrogen) atoms. The first-order valence-corrected chi connectivity index (χ1v) is 6.04. The molecular formula is C11H14N4S. The Bertz CT molecular complexity index is 472. The van der Waals surface area contributed by atoms with Gasteiger partial charge in [0.2, 0.25) is 0 Å². The second-order valence-electron chi connectivity index (χ2n) is 3.75. The van der Waals surface area contributed by atoms with Gasteiger partial charge in [0.05, 0.1) is 12.0 Å². The van der Waals surface area contributed by atoms with Crippen molar-refractivity contribution in [3.63, 3.8) is 0 Å². The Kier molecular flexibility index (Phi) is 3.24. The molecule has 4 nitrogen and oxygen atoms in total. The standard InChI is InChI=1S/C11H14N4S/c1-8-4-9(2)14-11(13-8)16-6-10-5-15(3)7-12-10/h4-5,7H,6H2,1-3H3. The monoisotopic (exact) mass is 234 g/mol. The summed E-state index contributed by atoms with van der Waals surface area (Å²) in [6, 6.07) is 1.98. The molecule has 2 rings (SSSR count). The van der Waals surface area contributed by atoms with E-state index in [2.05, 4.69) is 15.0 Å². The van der Waals surface area contributed by atoms with E-state index >= 15 is 0 Å². The van der Waals surface area contributed by atoms with Crippen LogP contribution in [0.25, 0.3) is 0 Å². The molecule has 0 saturated heterocycles. The van der Waals surface area contributed by atoms with E-state index < -0.39 is 0 Å². The molecule has 2 heterocycles. The van der Waals surface area contributed by atoms with Gasteiger partial charge in [-0.25, -0.2) is 15.0 Å². The first kappa shape index (κ1) is 11.1. The molecule has 0 radical (unpaired) electrons. The predicted octanol–water partition coefficient (Wildman–Crippen LogP) is 2.12. The Hall–Kier alpha value is -1.36. The van der Waals surface area contributed by atoms with Gasteiger partial charge < -0.3 is 4.57 Å². The number of hydrogen-bond donors (Lipinski definition) is 0. The van der Waals surface area contributed by atoms with E-state index in [1.165, 1.54) is 0 Å². The quantitative estimate of drug-likeness (QED) is 0.602. The molecule has 0 fully saturated rings. The molecule has 0 aliphatic carbocycles. The SMILES string of the molecule is Cc1cc(C)nc(SCc2cn(C)cn2)n1. The lowest BCUT2D eigenvalue weighted by atomic mass is 10.4. The van der Waals surface area contributed by atoms with Crippen molar-refractivity contribution in [2.24, 2.45) is 7.05 Å². The van der Waals surface area contributed by atoms with Crippen molar-refractivity contribution in [1.29, 1.82) is 0 Å². The van der Waals surface area contributed by atoms with Crippen molar-refractivity contribution in [2.45, 2.75) is 24.8 Å². The van der Waals surface area contributed by atoms with Crippen molar-refractivity contribution in [3.05, 3.63) is 35.7 Å². The molecular weight excluding hydrogens is 220 g/mol. The fraction of sp³-hybridized carbons (Fsp3) is 0.364. The number of aromatic nitrogens is 4. The van der Waals surface area contributed by atoms with Gasteiger partial charge in [-0.05, 0) is 19.9 Å². The Morgan fingerprint density at radius 1 is 1.25 bits per heavy atom. The lowest BCUT2D eigenvalue weighted by molar-refractivity contribution is 0.901. The van der Waals surface area contributed by atoms with Crippen LogP contribution in [0.3, 0.4) is 0 Å². The molecule has 0 N–H and O–H groups in total. The summed E-state index contributed by atoms with van der Waals surface area (Å²) in [7, 11) is 1.97. The number of aryl methyl sites for hydroxylation is 3. The van der Waals surface area contributed by atoms with Crippen molar-refractivity contribution < 1.29 is 0 Å². The Labute approximate surface area is 99.1 Å².